The molecule has 1 aromatic carbocycles. The summed E-state index contributed by atoms with van der Waals surface area (Å²) >= 11 is 0. The third-order valence-electron chi connectivity index (χ3n) is 3.70. The molecule has 0 radical (unpaired) electrons. The number of piperidine rings is 1. The lowest BCUT2D eigenvalue weighted by molar-refractivity contribution is -0.144. The maximum Gasteiger partial charge on any atom is 0.330 e. The number of benzene rings is 1. The molecular formula is C15H18N2O4. The molecule has 0 bridgehead atoms. The third-order valence-corrected chi connectivity index (χ3v) is 3.70. The highest BCUT2D eigenvalue weighted by Crippen LogP contribution is 2.20. The summed E-state index contributed by atoms with van der Waals surface area (Å²) in [6.07, 6.45) is 0.679. The first-order valence-corrected chi connectivity index (χ1v) is 6.81. The summed E-state index contributed by atoms with van der Waals surface area (Å²) in [4.78, 5) is 36.7. The van der Waals surface area contributed by atoms with Crippen molar-refractivity contribution in [2.24, 2.45) is 5.92 Å². The molecule has 0 aromatic heterocycles. The van der Waals surface area contributed by atoms with Gasteiger partial charge < -0.3 is 15.3 Å². The number of carboxylic acids is 1. The van der Waals surface area contributed by atoms with Crippen LogP contribution in [0.4, 0.5) is 0 Å². The number of carbonyl (C=O) groups excluding carboxylic acids is 2. The molecule has 2 N–H and O–H groups in total. The van der Waals surface area contributed by atoms with Gasteiger partial charge >= 0.3 is 5.97 Å². The topological polar surface area (TPSA) is 86.7 Å². The molecule has 6 nitrogen and oxygen atoms in total. The summed E-state index contributed by atoms with van der Waals surface area (Å²) in [5.74, 6) is -2.05. The molecule has 0 aliphatic carbocycles. The smallest absolute Gasteiger partial charge is 0.330 e. The van der Waals surface area contributed by atoms with Crippen LogP contribution in [0.2, 0.25) is 0 Å². The fraction of sp³-hybridized carbons (Fsp3) is 0.400. The van der Waals surface area contributed by atoms with Gasteiger partial charge in [0.15, 0.2) is 6.04 Å². The van der Waals surface area contributed by atoms with E-state index in [0.717, 1.165) is 0 Å². The van der Waals surface area contributed by atoms with Crippen LogP contribution in [0.3, 0.4) is 0 Å². The van der Waals surface area contributed by atoms with Gasteiger partial charge in [0, 0.05) is 25.9 Å². The molecule has 0 spiro atoms. The lowest BCUT2D eigenvalue weighted by Crippen LogP contribution is -2.44. The van der Waals surface area contributed by atoms with Crippen molar-refractivity contribution in [1.82, 2.24) is 10.2 Å². The van der Waals surface area contributed by atoms with Crippen LogP contribution >= 0.6 is 0 Å². The van der Waals surface area contributed by atoms with Gasteiger partial charge in [-0.2, -0.15) is 0 Å². The molecule has 2 unspecified atom stereocenters. The Kier molecular flexibility index (Phi) is 4.57. The summed E-state index contributed by atoms with van der Waals surface area (Å²) in [6, 6.07) is 7.43. The number of carboxylic acid groups (broad SMARTS) is 1. The Morgan fingerprint density at radius 2 is 2.00 bits per heavy atom. The zero-order valence-corrected chi connectivity index (χ0v) is 11.8. The third kappa shape index (κ3) is 3.59. The minimum absolute atomic E-state index is 0.0898. The molecule has 1 aromatic rings. The second-order valence-electron chi connectivity index (χ2n) is 5.20. The van der Waals surface area contributed by atoms with Gasteiger partial charge in [0.05, 0.1) is 0 Å². The number of rotatable bonds is 4. The number of hydrogen-bond donors (Lipinski definition) is 2. The van der Waals surface area contributed by atoms with Gasteiger partial charge in [0.25, 0.3) is 0 Å². The van der Waals surface area contributed by atoms with E-state index in [1.807, 2.05) is 0 Å². The van der Waals surface area contributed by atoms with Crippen molar-refractivity contribution < 1.29 is 19.5 Å². The summed E-state index contributed by atoms with van der Waals surface area (Å²) in [5, 5.41) is 11.8. The SMILES string of the molecule is CN1CCC(C(=O)NC(C(=O)O)c2ccccc2)CC1=O. The molecule has 1 heterocycles. The maximum absolute atomic E-state index is 12.2. The molecule has 1 saturated heterocycles. The van der Waals surface area contributed by atoms with E-state index in [-0.39, 0.29) is 18.2 Å². The minimum atomic E-state index is -1.12. The van der Waals surface area contributed by atoms with Crippen molar-refractivity contribution in [1.29, 1.82) is 0 Å². The first-order chi connectivity index (χ1) is 9.99. The van der Waals surface area contributed by atoms with E-state index in [4.69, 9.17) is 0 Å². The van der Waals surface area contributed by atoms with Crippen LogP contribution in [0.1, 0.15) is 24.4 Å². The van der Waals surface area contributed by atoms with Gasteiger partial charge in [0.2, 0.25) is 11.8 Å². The first-order valence-electron chi connectivity index (χ1n) is 6.81. The van der Waals surface area contributed by atoms with Crippen LogP contribution in [-0.2, 0) is 14.4 Å². The second kappa shape index (κ2) is 6.39. The predicted molar refractivity (Wildman–Crippen MR) is 75.3 cm³/mol. The Bertz CT molecular complexity index is 544. The predicted octanol–water partition coefficient (Wildman–Crippen LogP) is 0.797. The van der Waals surface area contributed by atoms with Gasteiger partial charge in [-0.05, 0) is 12.0 Å². The van der Waals surface area contributed by atoms with Gasteiger partial charge in [-0.1, -0.05) is 30.3 Å². The first kappa shape index (κ1) is 15.0. The Morgan fingerprint density at radius 1 is 1.33 bits per heavy atom. The number of aliphatic carboxylic acids is 1. The monoisotopic (exact) mass is 290 g/mol. The Morgan fingerprint density at radius 3 is 2.57 bits per heavy atom. The average molecular weight is 290 g/mol. The van der Waals surface area contributed by atoms with Crippen molar-refractivity contribution in [3.8, 4) is 0 Å². The zero-order chi connectivity index (χ0) is 15.4. The highest BCUT2D eigenvalue weighted by Gasteiger charge is 2.31. The molecule has 1 aliphatic heterocycles. The molecule has 0 saturated carbocycles. The largest absolute Gasteiger partial charge is 0.479 e. The molecule has 21 heavy (non-hydrogen) atoms. The summed E-state index contributed by atoms with van der Waals surface area (Å²) in [5.41, 5.74) is 0.512. The second-order valence-corrected chi connectivity index (χ2v) is 5.20. The lowest BCUT2D eigenvalue weighted by atomic mass is 9.95. The number of nitrogens with one attached hydrogen (secondary N) is 1. The number of likely N-dealkylation sites (tertiary alicyclic amines) is 1. The molecular weight excluding hydrogens is 272 g/mol. The van der Waals surface area contributed by atoms with E-state index >= 15 is 0 Å². The lowest BCUT2D eigenvalue weighted by Gasteiger charge is -2.28. The zero-order valence-electron chi connectivity index (χ0n) is 11.8. The van der Waals surface area contributed by atoms with Crippen molar-refractivity contribution in [2.75, 3.05) is 13.6 Å². The standard InChI is InChI=1S/C15H18N2O4/c1-17-8-7-11(9-12(17)18)14(19)16-13(15(20)21)10-5-3-2-4-6-10/h2-6,11,13H,7-9H2,1H3,(H,16,19)(H,20,21). The van der Waals surface area contributed by atoms with Crippen molar-refractivity contribution in [3.05, 3.63) is 35.9 Å². The van der Waals surface area contributed by atoms with E-state index in [1.54, 1.807) is 42.3 Å². The highest BCUT2D eigenvalue weighted by molar-refractivity contribution is 5.89. The fourth-order valence-electron chi connectivity index (χ4n) is 2.36. The average Bonchev–Trinajstić information content (AvgIpc) is 2.48. The van der Waals surface area contributed by atoms with E-state index in [1.165, 1.54) is 0 Å². The Hall–Kier alpha value is -2.37. The maximum atomic E-state index is 12.2. The Balaban J connectivity index is 2.06. The number of nitrogens with zero attached hydrogens (tertiary/aromatic N) is 1. The highest BCUT2D eigenvalue weighted by atomic mass is 16.4. The van der Waals surface area contributed by atoms with E-state index in [9.17, 15) is 19.5 Å². The van der Waals surface area contributed by atoms with Gasteiger partial charge in [0.1, 0.15) is 0 Å². The number of carbonyl (C=O) groups is 3. The molecule has 112 valence electrons. The summed E-state index contributed by atoms with van der Waals surface area (Å²) in [6.45, 7) is 0.514. The van der Waals surface area contributed by atoms with Gasteiger partial charge in [-0.3, -0.25) is 9.59 Å². The molecule has 2 atom stereocenters. The summed E-state index contributed by atoms with van der Waals surface area (Å²) in [7, 11) is 1.69. The molecule has 2 rings (SSSR count). The van der Waals surface area contributed by atoms with Crippen molar-refractivity contribution in [2.45, 2.75) is 18.9 Å². The van der Waals surface area contributed by atoms with Crippen LogP contribution in [0.15, 0.2) is 30.3 Å². The van der Waals surface area contributed by atoms with Crippen LogP contribution in [0.25, 0.3) is 0 Å². The molecule has 1 fully saturated rings. The normalized spacial score (nSPS) is 20.0. The van der Waals surface area contributed by atoms with Gasteiger partial charge in [-0.15, -0.1) is 0 Å². The molecule has 2 amide bonds. The van der Waals surface area contributed by atoms with Crippen LogP contribution in [0.5, 0.6) is 0 Å². The van der Waals surface area contributed by atoms with Crippen molar-refractivity contribution >= 4 is 17.8 Å². The van der Waals surface area contributed by atoms with Crippen LogP contribution < -0.4 is 5.32 Å². The van der Waals surface area contributed by atoms with Gasteiger partial charge in [-0.25, -0.2) is 4.79 Å². The van der Waals surface area contributed by atoms with Crippen LogP contribution in [-0.4, -0.2) is 41.4 Å². The van der Waals surface area contributed by atoms with E-state index in [2.05, 4.69) is 5.32 Å². The van der Waals surface area contributed by atoms with E-state index < -0.39 is 17.9 Å². The van der Waals surface area contributed by atoms with Crippen LogP contribution in [0, 0.1) is 5.92 Å². The Labute approximate surface area is 122 Å². The van der Waals surface area contributed by atoms with E-state index in [0.29, 0.717) is 18.5 Å². The fourth-order valence-corrected chi connectivity index (χ4v) is 2.36. The number of hydrogen-bond acceptors (Lipinski definition) is 3. The minimum Gasteiger partial charge on any atom is -0.479 e. The van der Waals surface area contributed by atoms with Crippen molar-refractivity contribution in [3.63, 3.8) is 0 Å². The molecule has 1 aliphatic rings. The molecule has 6 heteroatoms. The summed E-state index contributed by atoms with van der Waals surface area (Å²) < 4.78 is 0. The number of amides is 2. The quantitative estimate of drug-likeness (QED) is 0.858.